The van der Waals surface area contributed by atoms with Crippen LogP contribution in [0.3, 0.4) is 0 Å². The minimum absolute atomic E-state index is 0.366. The molecule has 5 heteroatoms. The fraction of sp³-hybridized carbons (Fsp3) is 0.533. The number of nitrogens with one attached hydrogen (secondary N) is 1. The van der Waals surface area contributed by atoms with Crippen molar-refractivity contribution in [2.45, 2.75) is 39.2 Å². The van der Waals surface area contributed by atoms with Crippen molar-refractivity contribution in [3.8, 4) is 10.6 Å². The summed E-state index contributed by atoms with van der Waals surface area (Å²) in [5, 5.41) is 4.65. The van der Waals surface area contributed by atoms with Gasteiger partial charge in [0.1, 0.15) is 5.69 Å². The van der Waals surface area contributed by atoms with Crippen LogP contribution in [0.5, 0.6) is 0 Å². The van der Waals surface area contributed by atoms with Gasteiger partial charge >= 0.3 is 0 Å². The fourth-order valence-electron chi connectivity index (χ4n) is 2.48. The van der Waals surface area contributed by atoms with E-state index in [1.54, 1.807) is 11.3 Å². The molecule has 1 aliphatic heterocycles. The molecular weight excluding hydrogens is 268 g/mol. The van der Waals surface area contributed by atoms with Crippen LogP contribution in [0, 0.1) is 5.92 Å². The van der Waals surface area contributed by atoms with E-state index >= 15 is 0 Å². The highest BCUT2D eigenvalue weighted by Gasteiger charge is 2.18. The molecule has 2 aromatic rings. The number of rotatable bonds is 4. The zero-order valence-corrected chi connectivity index (χ0v) is 12.8. The lowest BCUT2D eigenvalue weighted by atomic mass is 10.1. The second kappa shape index (κ2) is 5.97. The van der Waals surface area contributed by atoms with Crippen LogP contribution in [0.15, 0.2) is 18.6 Å². The summed E-state index contributed by atoms with van der Waals surface area (Å²) >= 11 is 1.73. The minimum atomic E-state index is 0.366. The predicted octanol–water partition coefficient (Wildman–Crippen LogP) is 3.22. The number of thiazole rings is 1. The molecule has 1 atom stereocenters. The van der Waals surface area contributed by atoms with E-state index in [9.17, 15) is 0 Å². The van der Waals surface area contributed by atoms with Gasteiger partial charge in [-0.3, -0.25) is 4.98 Å². The molecule has 1 saturated heterocycles. The SMILES string of the molecule is CC(C)Cc1ncc(-c2cncc(C3CCCN3)n2)s1. The van der Waals surface area contributed by atoms with E-state index in [2.05, 4.69) is 29.1 Å². The second-order valence-electron chi connectivity index (χ2n) is 5.69. The first kappa shape index (κ1) is 13.6. The molecule has 1 N–H and O–H groups in total. The van der Waals surface area contributed by atoms with Gasteiger partial charge in [-0.1, -0.05) is 13.8 Å². The van der Waals surface area contributed by atoms with Gasteiger partial charge in [-0.15, -0.1) is 11.3 Å². The summed E-state index contributed by atoms with van der Waals surface area (Å²) in [4.78, 5) is 14.7. The summed E-state index contributed by atoms with van der Waals surface area (Å²) in [6.07, 6.45) is 9.04. The van der Waals surface area contributed by atoms with Crippen molar-refractivity contribution in [3.63, 3.8) is 0 Å². The van der Waals surface area contributed by atoms with Crippen molar-refractivity contribution in [1.82, 2.24) is 20.3 Å². The minimum Gasteiger partial charge on any atom is -0.309 e. The largest absolute Gasteiger partial charge is 0.309 e. The summed E-state index contributed by atoms with van der Waals surface area (Å²) in [7, 11) is 0. The van der Waals surface area contributed by atoms with Gasteiger partial charge in [0.15, 0.2) is 0 Å². The molecule has 20 heavy (non-hydrogen) atoms. The molecule has 0 aromatic carbocycles. The summed E-state index contributed by atoms with van der Waals surface area (Å²) in [6.45, 7) is 5.51. The Balaban J connectivity index is 1.82. The molecule has 2 aromatic heterocycles. The van der Waals surface area contributed by atoms with Crippen LogP contribution in [0.1, 0.15) is 43.4 Å². The van der Waals surface area contributed by atoms with Gasteiger partial charge in [0, 0.05) is 12.6 Å². The Morgan fingerprint density at radius 3 is 3.00 bits per heavy atom. The summed E-state index contributed by atoms with van der Waals surface area (Å²) in [6, 6.07) is 0.366. The fourth-order valence-corrected chi connectivity index (χ4v) is 3.56. The third-order valence-electron chi connectivity index (χ3n) is 3.46. The Morgan fingerprint density at radius 1 is 1.35 bits per heavy atom. The first-order chi connectivity index (χ1) is 9.72. The zero-order chi connectivity index (χ0) is 13.9. The van der Waals surface area contributed by atoms with Crippen molar-refractivity contribution in [2.24, 2.45) is 5.92 Å². The predicted molar refractivity (Wildman–Crippen MR) is 81.7 cm³/mol. The molecule has 0 radical (unpaired) electrons. The maximum absolute atomic E-state index is 4.76. The molecule has 106 valence electrons. The normalized spacial score (nSPS) is 18.9. The van der Waals surface area contributed by atoms with E-state index in [1.165, 1.54) is 11.4 Å². The second-order valence-corrected chi connectivity index (χ2v) is 6.81. The van der Waals surface area contributed by atoms with Crippen LogP contribution in [-0.4, -0.2) is 21.5 Å². The molecule has 0 spiro atoms. The third-order valence-corrected chi connectivity index (χ3v) is 4.50. The van der Waals surface area contributed by atoms with Gasteiger partial charge < -0.3 is 5.32 Å². The zero-order valence-electron chi connectivity index (χ0n) is 12.0. The Morgan fingerprint density at radius 2 is 2.25 bits per heavy atom. The van der Waals surface area contributed by atoms with Gasteiger partial charge in [0.05, 0.1) is 34.0 Å². The van der Waals surface area contributed by atoms with Gasteiger partial charge in [0.25, 0.3) is 0 Å². The van der Waals surface area contributed by atoms with Crippen LogP contribution in [0.2, 0.25) is 0 Å². The monoisotopic (exact) mass is 288 g/mol. The highest BCUT2D eigenvalue weighted by molar-refractivity contribution is 7.15. The number of hydrogen-bond donors (Lipinski definition) is 1. The molecule has 0 saturated carbocycles. The molecular formula is C15H20N4S. The molecule has 0 amide bonds. The summed E-state index contributed by atoms with van der Waals surface area (Å²) in [5.74, 6) is 0.633. The van der Waals surface area contributed by atoms with Gasteiger partial charge in [-0.05, 0) is 25.3 Å². The molecule has 3 rings (SSSR count). The van der Waals surface area contributed by atoms with E-state index < -0.39 is 0 Å². The van der Waals surface area contributed by atoms with E-state index in [1.807, 2.05) is 18.6 Å². The number of hydrogen-bond acceptors (Lipinski definition) is 5. The molecule has 3 heterocycles. The average molecular weight is 288 g/mol. The van der Waals surface area contributed by atoms with Crippen molar-refractivity contribution >= 4 is 11.3 Å². The lowest BCUT2D eigenvalue weighted by Gasteiger charge is -2.09. The average Bonchev–Trinajstić information content (AvgIpc) is 3.09. The van der Waals surface area contributed by atoms with Crippen molar-refractivity contribution < 1.29 is 0 Å². The maximum Gasteiger partial charge on any atom is 0.100 e. The van der Waals surface area contributed by atoms with Gasteiger partial charge in [-0.25, -0.2) is 9.97 Å². The molecule has 1 fully saturated rings. The topological polar surface area (TPSA) is 50.7 Å². The van der Waals surface area contributed by atoms with Crippen molar-refractivity contribution in [1.29, 1.82) is 0 Å². The molecule has 1 unspecified atom stereocenters. The molecule has 1 aliphatic rings. The Hall–Kier alpha value is -1.33. The van der Waals surface area contributed by atoms with E-state index in [-0.39, 0.29) is 0 Å². The van der Waals surface area contributed by atoms with Crippen LogP contribution in [0.25, 0.3) is 10.6 Å². The van der Waals surface area contributed by atoms with Crippen LogP contribution >= 0.6 is 11.3 Å². The third kappa shape index (κ3) is 3.04. The first-order valence-corrected chi connectivity index (χ1v) is 8.04. The quantitative estimate of drug-likeness (QED) is 0.938. The Labute approximate surface area is 123 Å². The number of aromatic nitrogens is 3. The van der Waals surface area contributed by atoms with E-state index in [4.69, 9.17) is 4.98 Å². The van der Waals surface area contributed by atoms with Gasteiger partial charge in [-0.2, -0.15) is 0 Å². The van der Waals surface area contributed by atoms with Crippen LogP contribution in [0.4, 0.5) is 0 Å². The Kier molecular flexibility index (Phi) is 4.08. The van der Waals surface area contributed by atoms with Crippen LogP contribution in [-0.2, 0) is 6.42 Å². The van der Waals surface area contributed by atoms with E-state index in [0.717, 1.165) is 35.7 Å². The maximum atomic E-state index is 4.76. The highest BCUT2D eigenvalue weighted by atomic mass is 32.1. The lowest BCUT2D eigenvalue weighted by Crippen LogP contribution is -2.14. The molecule has 0 aliphatic carbocycles. The highest BCUT2D eigenvalue weighted by Crippen LogP contribution is 2.27. The van der Waals surface area contributed by atoms with Crippen molar-refractivity contribution in [3.05, 3.63) is 29.3 Å². The van der Waals surface area contributed by atoms with E-state index in [0.29, 0.717) is 12.0 Å². The molecule has 0 bridgehead atoms. The summed E-state index contributed by atoms with van der Waals surface area (Å²) in [5.41, 5.74) is 2.00. The standard InChI is InChI=1S/C15H20N4S/c1-10(2)6-15-18-9-14(20-15)13-8-16-7-12(19-13)11-4-3-5-17-11/h7-11,17H,3-6H2,1-2H3. The van der Waals surface area contributed by atoms with Gasteiger partial charge in [0.2, 0.25) is 0 Å². The van der Waals surface area contributed by atoms with Crippen molar-refractivity contribution in [2.75, 3.05) is 6.54 Å². The smallest absolute Gasteiger partial charge is 0.100 e. The number of nitrogens with zero attached hydrogens (tertiary/aromatic N) is 3. The van der Waals surface area contributed by atoms with Crippen LogP contribution < -0.4 is 5.32 Å². The first-order valence-electron chi connectivity index (χ1n) is 7.23. The molecule has 4 nitrogen and oxygen atoms in total. The lowest BCUT2D eigenvalue weighted by molar-refractivity contribution is 0.625. The Bertz CT molecular complexity index is 573. The summed E-state index contributed by atoms with van der Waals surface area (Å²) < 4.78 is 0.